The van der Waals surface area contributed by atoms with Crippen molar-refractivity contribution in [3.05, 3.63) is 186 Å². The minimum atomic E-state index is -0.639. The maximum Gasteiger partial charge on any atom is 0.235 e. The van der Waals surface area contributed by atoms with Crippen molar-refractivity contribution in [2.24, 2.45) is 0 Å². The first-order valence-corrected chi connectivity index (χ1v) is 17.7. The SMILES string of the molecule is c1ccc(-c2nc(-n3c4cccnc4c4c5ccccc5c5c(c43)C3(c4ccccc4-c4ccccc43)c3cccnc3-5)nc3ccccc23)cc1. The predicted molar refractivity (Wildman–Crippen MR) is 209 cm³/mol. The average molecular weight is 662 g/mol. The molecule has 0 N–H and O–H groups in total. The van der Waals surface area contributed by atoms with Gasteiger partial charge in [-0.05, 0) is 62.9 Å². The van der Waals surface area contributed by atoms with Crippen LogP contribution in [0.25, 0.3) is 83.2 Å². The van der Waals surface area contributed by atoms with Gasteiger partial charge in [-0.1, -0.05) is 127 Å². The number of para-hydroxylation sites is 1. The molecule has 240 valence electrons. The van der Waals surface area contributed by atoms with Gasteiger partial charge in [0.1, 0.15) is 0 Å². The smallest absolute Gasteiger partial charge is 0.235 e. The van der Waals surface area contributed by atoms with Crippen LogP contribution in [0, 0.1) is 0 Å². The molecule has 0 fully saturated rings. The van der Waals surface area contributed by atoms with Crippen molar-refractivity contribution in [3.8, 4) is 39.6 Å². The van der Waals surface area contributed by atoms with Gasteiger partial charge in [0.2, 0.25) is 5.95 Å². The fourth-order valence-corrected chi connectivity index (χ4v) is 9.41. The van der Waals surface area contributed by atoms with E-state index < -0.39 is 5.41 Å². The maximum atomic E-state index is 5.48. The number of fused-ring (bicyclic) bond motifs is 18. The third-order valence-electron chi connectivity index (χ3n) is 11.3. The first-order chi connectivity index (χ1) is 25.8. The molecule has 0 saturated heterocycles. The fourth-order valence-electron chi connectivity index (χ4n) is 9.41. The van der Waals surface area contributed by atoms with E-state index in [1.165, 1.54) is 33.4 Å². The number of pyridine rings is 2. The van der Waals surface area contributed by atoms with E-state index in [0.29, 0.717) is 5.95 Å². The average Bonchev–Trinajstić information content (AvgIpc) is 3.83. The molecule has 2 aliphatic carbocycles. The van der Waals surface area contributed by atoms with Crippen molar-refractivity contribution >= 4 is 43.6 Å². The van der Waals surface area contributed by atoms with Crippen LogP contribution in [0.1, 0.15) is 22.3 Å². The molecule has 12 rings (SSSR count). The molecule has 4 heterocycles. The Bertz CT molecular complexity index is 3100. The van der Waals surface area contributed by atoms with E-state index in [1.807, 2.05) is 24.5 Å². The number of benzene rings is 6. The van der Waals surface area contributed by atoms with Crippen molar-refractivity contribution in [1.82, 2.24) is 24.5 Å². The van der Waals surface area contributed by atoms with Crippen molar-refractivity contribution in [2.45, 2.75) is 5.41 Å². The molecule has 2 aliphatic rings. The molecule has 0 unspecified atom stereocenters. The summed E-state index contributed by atoms with van der Waals surface area (Å²) in [4.78, 5) is 21.2. The van der Waals surface area contributed by atoms with Crippen molar-refractivity contribution < 1.29 is 0 Å². The zero-order valence-corrected chi connectivity index (χ0v) is 27.8. The van der Waals surface area contributed by atoms with Crippen LogP contribution < -0.4 is 0 Å². The molecule has 5 nitrogen and oxygen atoms in total. The van der Waals surface area contributed by atoms with Gasteiger partial charge in [0.05, 0.1) is 38.9 Å². The Morgan fingerprint density at radius 2 is 1.12 bits per heavy atom. The van der Waals surface area contributed by atoms with Gasteiger partial charge < -0.3 is 0 Å². The Labute approximate surface area is 298 Å². The van der Waals surface area contributed by atoms with E-state index in [9.17, 15) is 0 Å². The molecule has 52 heavy (non-hydrogen) atoms. The van der Waals surface area contributed by atoms with Gasteiger partial charge in [0.25, 0.3) is 0 Å². The Morgan fingerprint density at radius 3 is 1.92 bits per heavy atom. The third kappa shape index (κ3) is 3.33. The normalized spacial score (nSPS) is 13.5. The molecular formula is C47H27N5. The highest BCUT2D eigenvalue weighted by Crippen LogP contribution is 2.65. The Kier molecular flexibility index (Phi) is 5.37. The zero-order chi connectivity index (χ0) is 34.0. The molecule has 10 aromatic rings. The molecule has 0 amide bonds. The van der Waals surface area contributed by atoms with E-state index in [4.69, 9.17) is 19.9 Å². The second-order valence-corrected chi connectivity index (χ2v) is 13.7. The van der Waals surface area contributed by atoms with Crippen LogP contribution in [0.5, 0.6) is 0 Å². The van der Waals surface area contributed by atoms with E-state index in [2.05, 4.69) is 144 Å². The van der Waals surface area contributed by atoms with E-state index in [0.717, 1.165) is 66.1 Å². The third-order valence-corrected chi connectivity index (χ3v) is 11.3. The molecule has 5 heteroatoms. The predicted octanol–water partition coefficient (Wildman–Crippen LogP) is 10.7. The Morgan fingerprint density at radius 1 is 0.481 bits per heavy atom. The molecule has 0 aliphatic heterocycles. The minimum absolute atomic E-state index is 0.613. The van der Waals surface area contributed by atoms with Crippen molar-refractivity contribution in [1.29, 1.82) is 0 Å². The number of aromatic nitrogens is 5. The lowest BCUT2D eigenvalue weighted by Crippen LogP contribution is -2.27. The number of rotatable bonds is 2. The molecule has 0 saturated carbocycles. The van der Waals surface area contributed by atoms with Gasteiger partial charge in [-0.25, -0.2) is 9.97 Å². The molecule has 0 atom stereocenters. The van der Waals surface area contributed by atoms with Crippen LogP contribution in [0.15, 0.2) is 164 Å². The van der Waals surface area contributed by atoms with Crippen LogP contribution in [0.2, 0.25) is 0 Å². The number of hydrogen-bond donors (Lipinski definition) is 0. The zero-order valence-electron chi connectivity index (χ0n) is 27.8. The van der Waals surface area contributed by atoms with Crippen LogP contribution in [0.4, 0.5) is 0 Å². The summed E-state index contributed by atoms with van der Waals surface area (Å²) in [6.07, 6.45) is 3.83. The highest BCUT2D eigenvalue weighted by Gasteiger charge is 2.54. The second-order valence-electron chi connectivity index (χ2n) is 13.7. The Hall–Kier alpha value is -6.98. The second kappa shape index (κ2) is 10.1. The summed E-state index contributed by atoms with van der Waals surface area (Å²) in [6.45, 7) is 0. The highest BCUT2D eigenvalue weighted by molar-refractivity contribution is 6.26. The lowest BCUT2D eigenvalue weighted by Gasteiger charge is -2.31. The summed E-state index contributed by atoms with van der Waals surface area (Å²) in [5.74, 6) is 0.613. The number of hydrogen-bond acceptors (Lipinski definition) is 4. The standard InChI is InChI=1S/C47H27N5/c1-2-14-28(15-3-1)42-33-20-8-11-24-37(33)50-46(51-42)52-38-25-13-27-49-44(38)40-32-19-5-4-18-31(32)39-41(45(40)52)47(36-23-12-26-48-43(36)39)34-21-9-6-16-29(34)30-17-7-10-22-35(30)47/h1-27H. The molecule has 1 spiro atoms. The van der Waals surface area contributed by atoms with Crippen molar-refractivity contribution in [3.63, 3.8) is 0 Å². The molecular weight excluding hydrogens is 635 g/mol. The highest BCUT2D eigenvalue weighted by atomic mass is 15.2. The van der Waals surface area contributed by atoms with Gasteiger partial charge in [0.15, 0.2) is 0 Å². The summed E-state index contributed by atoms with van der Waals surface area (Å²) in [5.41, 5.74) is 14.7. The summed E-state index contributed by atoms with van der Waals surface area (Å²) in [5, 5.41) is 4.41. The monoisotopic (exact) mass is 661 g/mol. The summed E-state index contributed by atoms with van der Waals surface area (Å²) < 4.78 is 2.29. The topological polar surface area (TPSA) is 56.5 Å². The van der Waals surface area contributed by atoms with Crippen LogP contribution in [0.3, 0.4) is 0 Å². The maximum absolute atomic E-state index is 5.48. The van der Waals surface area contributed by atoms with Crippen LogP contribution in [-0.2, 0) is 5.41 Å². The van der Waals surface area contributed by atoms with Gasteiger partial charge >= 0.3 is 0 Å². The van der Waals surface area contributed by atoms with E-state index >= 15 is 0 Å². The van der Waals surface area contributed by atoms with E-state index in [-0.39, 0.29) is 0 Å². The quantitative estimate of drug-likeness (QED) is 0.185. The van der Waals surface area contributed by atoms with Gasteiger partial charge in [-0.2, -0.15) is 0 Å². The minimum Gasteiger partial charge on any atom is -0.276 e. The van der Waals surface area contributed by atoms with Crippen molar-refractivity contribution in [2.75, 3.05) is 0 Å². The van der Waals surface area contributed by atoms with Crippen LogP contribution in [-0.4, -0.2) is 24.5 Å². The summed E-state index contributed by atoms with van der Waals surface area (Å²) in [6, 6.07) is 53.9. The van der Waals surface area contributed by atoms with E-state index in [1.54, 1.807) is 0 Å². The van der Waals surface area contributed by atoms with Gasteiger partial charge in [-0.15, -0.1) is 0 Å². The molecule has 4 aromatic heterocycles. The largest absolute Gasteiger partial charge is 0.276 e. The summed E-state index contributed by atoms with van der Waals surface area (Å²) >= 11 is 0. The molecule has 6 aromatic carbocycles. The van der Waals surface area contributed by atoms with Gasteiger partial charge in [0, 0.05) is 39.9 Å². The molecule has 0 bridgehead atoms. The van der Waals surface area contributed by atoms with Crippen LogP contribution >= 0.6 is 0 Å². The van der Waals surface area contributed by atoms with Gasteiger partial charge in [-0.3, -0.25) is 14.5 Å². The lowest BCUT2D eigenvalue weighted by molar-refractivity contribution is 0.793. The summed E-state index contributed by atoms with van der Waals surface area (Å²) in [7, 11) is 0. The number of nitrogens with zero attached hydrogens (tertiary/aromatic N) is 5. The fraction of sp³-hybridized carbons (Fsp3) is 0.0213. The lowest BCUT2D eigenvalue weighted by atomic mass is 9.70. The molecule has 0 radical (unpaired) electrons. The first kappa shape index (κ1) is 27.8. The Balaban J connectivity index is 1.36. The first-order valence-electron chi connectivity index (χ1n) is 17.7.